The summed E-state index contributed by atoms with van der Waals surface area (Å²) in [6.45, 7) is 6.31. The lowest BCUT2D eigenvalue weighted by atomic mass is 9.91. The number of carbonyl (C=O) groups is 2. The average molecular weight is 737 g/mol. The second-order valence-electron chi connectivity index (χ2n) is 12.7. The van der Waals surface area contributed by atoms with E-state index in [4.69, 9.17) is 9.72 Å². The predicted molar refractivity (Wildman–Crippen MR) is 190 cm³/mol. The van der Waals surface area contributed by atoms with Crippen LogP contribution in [0.1, 0.15) is 65.0 Å². The zero-order valence-corrected chi connectivity index (χ0v) is 29.4. The number of carbonyl (C=O) groups excluding carboxylic acids is 1. The summed E-state index contributed by atoms with van der Waals surface area (Å²) in [4.78, 5) is 28.2. The van der Waals surface area contributed by atoms with E-state index < -0.39 is 32.3 Å². The van der Waals surface area contributed by atoms with E-state index in [-0.39, 0.29) is 22.5 Å². The van der Waals surface area contributed by atoms with Crippen molar-refractivity contribution >= 4 is 44.8 Å². The highest BCUT2D eigenvalue weighted by Gasteiger charge is 2.26. The number of hydrogen-bond acceptors (Lipinski definition) is 11. The lowest BCUT2D eigenvalue weighted by molar-refractivity contribution is 0.0696. The number of aromatic carboxylic acids is 1. The number of aromatic nitrogens is 6. The lowest BCUT2D eigenvalue weighted by Crippen LogP contribution is -2.16. The number of aryl methyl sites for hydroxylation is 1. The molecule has 0 spiro atoms. The van der Waals surface area contributed by atoms with Crippen molar-refractivity contribution in [2.45, 2.75) is 43.9 Å². The number of aromatic amines is 1. The molecule has 0 aliphatic rings. The number of nitriles is 1. The summed E-state index contributed by atoms with van der Waals surface area (Å²) in [7, 11) is -4.58. The van der Waals surface area contributed by atoms with Crippen LogP contribution in [0.3, 0.4) is 0 Å². The first-order valence-electron chi connectivity index (χ1n) is 16.1. The topological polar surface area (TPSA) is 242 Å². The number of hydrogen-bond donors (Lipinski definition) is 4. The van der Waals surface area contributed by atoms with Crippen LogP contribution in [0.25, 0.3) is 11.3 Å². The van der Waals surface area contributed by atoms with E-state index in [1.165, 1.54) is 45.8 Å². The van der Waals surface area contributed by atoms with Crippen LogP contribution in [0.4, 0.5) is 17.2 Å². The molecule has 1 amide bonds. The van der Waals surface area contributed by atoms with Crippen molar-refractivity contribution in [3.63, 3.8) is 0 Å². The molecule has 3 aromatic carbocycles. The number of anilines is 1. The first-order chi connectivity index (χ1) is 25.2. The van der Waals surface area contributed by atoms with Crippen molar-refractivity contribution in [3.05, 3.63) is 107 Å². The molecule has 0 unspecified atom stereocenters. The van der Waals surface area contributed by atoms with E-state index in [2.05, 4.69) is 36.9 Å². The van der Waals surface area contributed by atoms with Crippen molar-refractivity contribution in [2.75, 3.05) is 11.9 Å². The summed E-state index contributed by atoms with van der Waals surface area (Å²) in [5, 5.41) is 42.6. The fourth-order valence-electron chi connectivity index (χ4n) is 5.26. The molecule has 6 rings (SSSR count). The normalized spacial score (nSPS) is 11.9. The summed E-state index contributed by atoms with van der Waals surface area (Å²) >= 11 is 0. The number of carboxylic acids is 1. The zero-order valence-electron chi connectivity index (χ0n) is 28.5. The summed E-state index contributed by atoms with van der Waals surface area (Å²) in [6, 6.07) is 19.9. The molecule has 0 saturated carbocycles. The van der Waals surface area contributed by atoms with E-state index in [9.17, 15) is 32.9 Å². The van der Waals surface area contributed by atoms with Crippen LogP contribution in [0.15, 0.2) is 94.1 Å². The standard InChI is InChI=1S/C35H32N10O7S/c1-35(2,3)30-29(40-41-31-22(19-36)20-37-44(31)24-14-10-21(11-15-24)34(47)48)32-39-28(42-45(32)43-30)9-6-18-52-25-16-12-23(13-17-25)38-33(46)26-7-4-5-8-27(26)53(49,50)51/h4-5,7-8,10-17,20,43H,6,9,18H2,1-3H3,(H,38,46)(H,47,48)(H,49,50,51). The van der Waals surface area contributed by atoms with Crippen LogP contribution in [0.5, 0.6) is 5.75 Å². The van der Waals surface area contributed by atoms with Crippen molar-refractivity contribution in [3.8, 4) is 17.5 Å². The Kier molecular flexibility index (Phi) is 9.87. The molecule has 0 atom stereocenters. The Morgan fingerprint density at radius 3 is 2.42 bits per heavy atom. The molecule has 17 nitrogen and oxygen atoms in total. The monoisotopic (exact) mass is 736 g/mol. The van der Waals surface area contributed by atoms with E-state index >= 15 is 0 Å². The van der Waals surface area contributed by atoms with Crippen molar-refractivity contribution < 1.29 is 32.4 Å². The Morgan fingerprint density at radius 2 is 1.75 bits per heavy atom. The van der Waals surface area contributed by atoms with Gasteiger partial charge >= 0.3 is 5.97 Å². The van der Waals surface area contributed by atoms with Crippen LogP contribution in [-0.4, -0.2) is 66.2 Å². The average Bonchev–Trinajstić information content (AvgIpc) is 3.82. The van der Waals surface area contributed by atoms with Gasteiger partial charge in [-0.3, -0.25) is 14.4 Å². The summed E-state index contributed by atoms with van der Waals surface area (Å²) in [5.74, 6) is -0.537. The predicted octanol–water partition coefficient (Wildman–Crippen LogP) is 6.04. The highest BCUT2D eigenvalue weighted by Crippen LogP contribution is 2.35. The molecule has 0 aliphatic carbocycles. The molecule has 0 saturated heterocycles. The second-order valence-corrected chi connectivity index (χ2v) is 14.1. The van der Waals surface area contributed by atoms with Gasteiger partial charge in [0.15, 0.2) is 17.3 Å². The van der Waals surface area contributed by atoms with Crippen molar-refractivity contribution in [1.82, 2.24) is 29.6 Å². The van der Waals surface area contributed by atoms with Crippen LogP contribution >= 0.6 is 0 Å². The second kappa shape index (κ2) is 14.5. The molecule has 0 fully saturated rings. The van der Waals surface area contributed by atoms with E-state index in [0.29, 0.717) is 59.4 Å². The van der Waals surface area contributed by atoms with Gasteiger partial charge in [0.2, 0.25) is 5.65 Å². The Hall–Kier alpha value is -6.71. The van der Waals surface area contributed by atoms with Gasteiger partial charge in [-0.25, -0.2) is 14.5 Å². The van der Waals surface area contributed by atoms with Gasteiger partial charge in [0.1, 0.15) is 22.3 Å². The van der Waals surface area contributed by atoms with Gasteiger partial charge < -0.3 is 15.2 Å². The van der Waals surface area contributed by atoms with Crippen LogP contribution in [0, 0.1) is 11.3 Å². The third kappa shape index (κ3) is 7.96. The molecule has 0 radical (unpaired) electrons. The van der Waals surface area contributed by atoms with Crippen molar-refractivity contribution in [1.29, 1.82) is 5.26 Å². The first kappa shape index (κ1) is 36.1. The van der Waals surface area contributed by atoms with Crippen LogP contribution < -0.4 is 10.1 Å². The Morgan fingerprint density at radius 1 is 1.04 bits per heavy atom. The maximum Gasteiger partial charge on any atom is 0.335 e. The molecule has 4 N–H and O–H groups in total. The zero-order chi connectivity index (χ0) is 37.9. The summed E-state index contributed by atoms with van der Waals surface area (Å²) in [5.41, 5.74) is 2.15. The molecule has 53 heavy (non-hydrogen) atoms. The Bertz CT molecular complexity index is 2500. The number of ether oxygens (including phenoxy) is 1. The van der Waals surface area contributed by atoms with E-state index in [1.807, 2.05) is 20.8 Å². The van der Waals surface area contributed by atoms with E-state index in [1.54, 1.807) is 36.4 Å². The first-order valence-corrected chi connectivity index (χ1v) is 17.5. The molecule has 0 aliphatic heterocycles. The number of amides is 1. The Balaban J connectivity index is 1.12. The van der Waals surface area contributed by atoms with Gasteiger partial charge in [0.25, 0.3) is 16.0 Å². The Labute approximate surface area is 302 Å². The molecule has 0 bridgehead atoms. The van der Waals surface area contributed by atoms with Gasteiger partial charge in [-0.15, -0.1) is 15.3 Å². The molecule has 3 heterocycles. The van der Waals surface area contributed by atoms with Gasteiger partial charge in [-0.2, -0.15) is 23.4 Å². The third-order valence-corrected chi connectivity index (χ3v) is 8.78. The third-order valence-electron chi connectivity index (χ3n) is 7.87. The highest BCUT2D eigenvalue weighted by atomic mass is 32.2. The lowest BCUT2D eigenvalue weighted by Gasteiger charge is -2.16. The summed E-state index contributed by atoms with van der Waals surface area (Å²) < 4.78 is 41.5. The minimum Gasteiger partial charge on any atom is -0.494 e. The molecular weight excluding hydrogens is 705 g/mol. The smallest absolute Gasteiger partial charge is 0.335 e. The van der Waals surface area contributed by atoms with Gasteiger partial charge in [0.05, 0.1) is 35.3 Å². The number of carboxylic acid groups (broad SMARTS) is 1. The number of azo groups is 1. The van der Waals surface area contributed by atoms with Gasteiger partial charge in [-0.1, -0.05) is 32.9 Å². The van der Waals surface area contributed by atoms with Crippen LogP contribution in [0.2, 0.25) is 0 Å². The number of rotatable bonds is 12. The molecule has 3 aromatic heterocycles. The SMILES string of the molecule is CC(C)(C)c1[nH]n2nc(CCCOc3ccc(NC(=O)c4ccccc4S(=O)(=O)O)cc3)nc2c1N=Nc1c(C#N)cnn1-c1ccc(C(=O)O)cc1. The van der Waals surface area contributed by atoms with Gasteiger partial charge in [-0.05, 0) is 67.1 Å². The molecular formula is C35H32N10O7S. The summed E-state index contributed by atoms with van der Waals surface area (Å²) in [6.07, 6.45) is 2.39. The maximum absolute atomic E-state index is 12.7. The minimum atomic E-state index is -4.58. The fourth-order valence-corrected chi connectivity index (χ4v) is 5.95. The number of fused-ring (bicyclic) bond motifs is 1. The minimum absolute atomic E-state index is 0.103. The van der Waals surface area contributed by atoms with E-state index in [0.717, 1.165) is 6.07 Å². The number of benzene rings is 3. The molecule has 6 aromatic rings. The number of nitrogens with zero attached hydrogens (tertiary/aromatic N) is 8. The molecule has 270 valence electrons. The van der Waals surface area contributed by atoms with Crippen molar-refractivity contribution in [2.24, 2.45) is 10.2 Å². The molecule has 18 heteroatoms. The maximum atomic E-state index is 12.7. The fraction of sp³-hybridized carbons (Fsp3) is 0.200. The largest absolute Gasteiger partial charge is 0.494 e. The quantitative estimate of drug-likeness (QED) is 0.0641. The highest BCUT2D eigenvalue weighted by molar-refractivity contribution is 7.86. The number of H-pyrrole nitrogens is 1. The van der Waals surface area contributed by atoms with Gasteiger partial charge in [0, 0.05) is 17.5 Å². The van der Waals surface area contributed by atoms with Crippen LogP contribution in [-0.2, 0) is 22.0 Å². The number of nitrogens with one attached hydrogen (secondary N) is 2.